The van der Waals surface area contributed by atoms with Crippen LogP contribution < -0.4 is 0 Å². The van der Waals surface area contributed by atoms with Crippen LogP contribution in [0.2, 0.25) is 0 Å². The van der Waals surface area contributed by atoms with Gasteiger partial charge in [0.15, 0.2) is 0 Å². The lowest BCUT2D eigenvalue weighted by molar-refractivity contribution is 0.429. The minimum atomic E-state index is 0.845. The summed E-state index contributed by atoms with van der Waals surface area (Å²) in [6.07, 6.45) is 19.3. The molecular formula is C45H92. The van der Waals surface area contributed by atoms with Crippen LogP contribution >= 0.6 is 0 Å². The van der Waals surface area contributed by atoms with Crippen molar-refractivity contribution in [2.45, 2.75) is 207 Å². The Labute approximate surface area is 290 Å². The largest absolute Gasteiger partial charge is 0.100 e. The zero-order chi connectivity index (χ0) is 36.8. The molecule has 0 aromatic rings. The summed E-state index contributed by atoms with van der Waals surface area (Å²) in [5.74, 6) is 3.50. The van der Waals surface area contributed by atoms with E-state index in [1.165, 1.54) is 111 Å². The van der Waals surface area contributed by atoms with Gasteiger partial charge in [-0.05, 0) is 96.8 Å². The zero-order valence-electron chi connectivity index (χ0n) is 35.0. The van der Waals surface area contributed by atoms with Gasteiger partial charge in [-0.2, -0.15) is 0 Å². The summed E-state index contributed by atoms with van der Waals surface area (Å²) in [6.45, 7) is 53.9. The molecule has 0 radical (unpaired) electrons. The average Bonchev–Trinajstić information content (AvgIpc) is 2.92. The highest BCUT2D eigenvalue weighted by Gasteiger charge is 2.01. The monoisotopic (exact) mass is 633 g/mol. The Balaban J connectivity index is -0.000000104. The summed E-state index contributed by atoms with van der Waals surface area (Å²) >= 11 is 0. The Bertz CT molecular complexity index is 629. The first-order valence-electron chi connectivity index (χ1n) is 19.0. The second kappa shape index (κ2) is 44.8. The van der Waals surface area contributed by atoms with Gasteiger partial charge in [0.25, 0.3) is 0 Å². The molecule has 0 aliphatic heterocycles. The summed E-state index contributed by atoms with van der Waals surface area (Å²) in [7, 11) is 0. The van der Waals surface area contributed by atoms with Crippen LogP contribution in [0.25, 0.3) is 0 Å². The number of hydrogen-bond donors (Lipinski definition) is 0. The van der Waals surface area contributed by atoms with Crippen LogP contribution in [0, 0.1) is 23.7 Å². The van der Waals surface area contributed by atoms with Crippen molar-refractivity contribution in [1.29, 1.82) is 0 Å². The Morgan fingerprint density at radius 1 is 0.444 bits per heavy atom. The average molecular weight is 633 g/mol. The molecule has 0 rings (SSSR count). The molecule has 3 atom stereocenters. The Kier molecular flexibility index (Phi) is 55.8. The maximum Gasteiger partial charge on any atom is -0.0300 e. The first-order valence-corrected chi connectivity index (χ1v) is 19.0. The van der Waals surface area contributed by atoms with E-state index in [2.05, 4.69) is 130 Å². The first-order chi connectivity index (χ1) is 20.8. The Morgan fingerprint density at radius 2 is 0.800 bits per heavy atom. The number of hydrogen-bond acceptors (Lipinski definition) is 0. The van der Waals surface area contributed by atoms with Crippen LogP contribution in [-0.4, -0.2) is 0 Å². The molecule has 0 spiro atoms. The van der Waals surface area contributed by atoms with Crippen LogP contribution in [0.3, 0.4) is 0 Å². The van der Waals surface area contributed by atoms with E-state index in [-0.39, 0.29) is 0 Å². The van der Waals surface area contributed by atoms with E-state index in [1.54, 1.807) is 0 Å². The molecule has 0 heteroatoms. The molecule has 0 bridgehead atoms. The molecule has 0 heterocycles. The van der Waals surface area contributed by atoms with E-state index in [1.807, 2.05) is 13.8 Å². The Morgan fingerprint density at radius 3 is 0.978 bits per heavy atom. The van der Waals surface area contributed by atoms with Crippen LogP contribution in [0.1, 0.15) is 207 Å². The van der Waals surface area contributed by atoms with Gasteiger partial charge in [-0.25, -0.2) is 0 Å². The molecule has 0 fully saturated rings. The minimum absolute atomic E-state index is 0.845. The molecular weight excluding hydrogens is 540 g/mol. The van der Waals surface area contributed by atoms with Crippen LogP contribution in [0.5, 0.6) is 0 Å². The number of unbranched alkanes of at least 4 members (excludes halogenated alkanes) is 3. The van der Waals surface area contributed by atoms with Crippen molar-refractivity contribution in [3.63, 3.8) is 0 Å². The highest BCUT2D eigenvalue weighted by molar-refractivity contribution is 4.90. The summed E-state index contributed by atoms with van der Waals surface area (Å²) in [5.41, 5.74) is 6.45. The summed E-state index contributed by atoms with van der Waals surface area (Å²) in [5, 5.41) is 0. The highest BCUT2D eigenvalue weighted by Crippen LogP contribution is 2.17. The fraction of sp³-hybridized carbons (Fsp3) is 0.778. The third kappa shape index (κ3) is 85.9. The SMILES string of the molecule is C=C(C)CC.C=C(C)CC.C=C(C)CC(C)CCCC.C=C(C)CC(C)CCCCC.C=C(C)CCC.CCC(C)CC(C)C. The molecule has 0 nitrogen and oxygen atoms in total. The molecule has 0 aromatic heterocycles. The van der Waals surface area contributed by atoms with Crippen molar-refractivity contribution >= 4 is 0 Å². The quantitative estimate of drug-likeness (QED) is 0.104. The fourth-order valence-electron chi connectivity index (χ4n) is 4.09. The molecule has 3 unspecified atom stereocenters. The van der Waals surface area contributed by atoms with E-state index >= 15 is 0 Å². The van der Waals surface area contributed by atoms with Gasteiger partial charge < -0.3 is 0 Å². The maximum atomic E-state index is 3.92. The number of rotatable bonds is 18. The predicted molar refractivity (Wildman–Crippen MR) is 220 cm³/mol. The molecule has 0 N–H and O–H groups in total. The molecule has 272 valence electrons. The summed E-state index contributed by atoms with van der Waals surface area (Å²) in [4.78, 5) is 0. The van der Waals surface area contributed by atoms with Gasteiger partial charge in [0, 0.05) is 0 Å². The van der Waals surface area contributed by atoms with Gasteiger partial charge in [0.05, 0.1) is 0 Å². The van der Waals surface area contributed by atoms with Gasteiger partial charge in [-0.3, -0.25) is 0 Å². The summed E-state index contributed by atoms with van der Waals surface area (Å²) in [6, 6.07) is 0. The lowest BCUT2D eigenvalue weighted by Gasteiger charge is -2.09. The van der Waals surface area contributed by atoms with Crippen molar-refractivity contribution in [2.24, 2.45) is 23.7 Å². The topological polar surface area (TPSA) is 0 Å². The van der Waals surface area contributed by atoms with Crippen molar-refractivity contribution in [1.82, 2.24) is 0 Å². The molecule has 0 aliphatic rings. The molecule has 0 saturated carbocycles. The molecule has 0 saturated heterocycles. The molecule has 0 amide bonds. The van der Waals surface area contributed by atoms with Crippen LogP contribution in [0.15, 0.2) is 60.8 Å². The lowest BCUT2D eigenvalue weighted by Crippen LogP contribution is -1.97. The van der Waals surface area contributed by atoms with Crippen LogP contribution in [-0.2, 0) is 0 Å². The van der Waals surface area contributed by atoms with E-state index in [0.29, 0.717) is 0 Å². The second-order valence-electron chi connectivity index (χ2n) is 14.6. The second-order valence-corrected chi connectivity index (χ2v) is 14.6. The normalized spacial score (nSPS) is 11.5. The first kappa shape index (κ1) is 56.1. The molecule has 45 heavy (non-hydrogen) atoms. The highest BCUT2D eigenvalue weighted by atomic mass is 14.1. The fourth-order valence-corrected chi connectivity index (χ4v) is 4.09. The summed E-state index contributed by atoms with van der Waals surface area (Å²) < 4.78 is 0. The van der Waals surface area contributed by atoms with Crippen LogP contribution in [0.4, 0.5) is 0 Å². The third-order valence-corrected chi connectivity index (χ3v) is 7.20. The minimum Gasteiger partial charge on any atom is -0.100 e. The number of allylic oxidation sites excluding steroid dienone is 5. The van der Waals surface area contributed by atoms with Gasteiger partial charge in [-0.1, -0.05) is 162 Å². The van der Waals surface area contributed by atoms with Gasteiger partial charge >= 0.3 is 0 Å². The zero-order valence-corrected chi connectivity index (χ0v) is 35.0. The van der Waals surface area contributed by atoms with E-state index in [9.17, 15) is 0 Å². The van der Waals surface area contributed by atoms with E-state index < -0.39 is 0 Å². The third-order valence-electron chi connectivity index (χ3n) is 7.20. The van der Waals surface area contributed by atoms with Crippen molar-refractivity contribution in [3.8, 4) is 0 Å². The smallest absolute Gasteiger partial charge is 0.0300 e. The standard InChI is InChI=1S/C11H22.C10H20.C8H18.C6H12.2C5H10/c1-5-6-7-8-11(4)9-10(2)3;1-5-6-7-10(4)8-9(2)3;1-5-8(4)6-7(2)3;1-4-5-6(2)3;2*1-4-5(2)3/h11H,2,5-9H2,1,3-4H3;10H,2,5-8H2,1,3-4H3;7-8H,5-6H2,1-4H3;2,4-5H2,1,3H3;2*2,4H2,1,3H3. The van der Waals surface area contributed by atoms with Gasteiger partial charge in [0.2, 0.25) is 0 Å². The van der Waals surface area contributed by atoms with E-state index in [0.717, 1.165) is 36.5 Å². The Hall–Kier alpha value is -1.30. The molecule has 0 aliphatic carbocycles. The van der Waals surface area contributed by atoms with Crippen molar-refractivity contribution < 1.29 is 0 Å². The van der Waals surface area contributed by atoms with Crippen molar-refractivity contribution in [3.05, 3.63) is 60.8 Å². The maximum absolute atomic E-state index is 3.92. The van der Waals surface area contributed by atoms with Crippen molar-refractivity contribution in [2.75, 3.05) is 0 Å². The molecule has 0 aromatic carbocycles. The predicted octanol–water partition coefficient (Wildman–Crippen LogP) is 17.3. The lowest BCUT2D eigenvalue weighted by atomic mass is 9.97. The van der Waals surface area contributed by atoms with E-state index in [4.69, 9.17) is 0 Å². The van der Waals surface area contributed by atoms with Gasteiger partial charge in [0.1, 0.15) is 0 Å². The van der Waals surface area contributed by atoms with Gasteiger partial charge in [-0.15, -0.1) is 32.9 Å².